The number of hydrogen-bond donors (Lipinski definition) is 2. The SMILES string of the molecule is CC[C@H](CCCc1ccccc1[C@@H](C)N)c1cnc2c(N3CCCc4ncccc43)n[nH]c2n1. The van der Waals surface area contributed by atoms with Crippen LogP contribution in [0.3, 0.4) is 0 Å². The summed E-state index contributed by atoms with van der Waals surface area (Å²) < 4.78 is 0. The van der Waals surface area contributed by atoms with Crippen molar-refractivity contribution in [2.24, 2.45) is 5.73 Å². The van der Waals surface area contributed by atoms with Gasteiger partial charge in [-0.2, -0.15) is 5.10 Å². The third kappa shape index (κ3) is 4.40. The van der Waals surface area contributed by atoms with Crippen molar-refractivity contribution in [2.75, 3.05) is 11.4 Å². The van der Waals surface area contributed by atoms with Crippen LogP contribution in [0.25, 0.3) is 11.2 Å². The molecule has 3 N–H and O–H groups in total. The summed E-state index contributed by atoms with van der Waals surface area (Å²) in [6.07, 6.45) is 10.1. The van der Waals surface area contributed by atoms with Gasteiger partial charge in [-0.1, -0.05) is 31.2 Å². The summed E-state index contributed by atoms with van der Waals surface area (Å²) in [4.78, 5) is 16.5. The van der Waals surface area contributed by atoms with E-state index in [9.17, 15) is 0 Å². The minimum Gasteiger partial charge on any atom is -0.324 e. The van der Waals surface area contributed by atoms with Crippen LogP contribution in [0.1, 0.15) is 74.0 Å². The lowest BCUT2D eigenvalue weighted by Gasteiger charge is -2.28. The summed E-state index contributed by atoms with van der Waals surface area (Å²) in [6.45, 7) is 5.18. The number of benzene rings is 1. The van der Waals surface area contributed by atoms with Gasteiger partial charge in [-0.25, -0.2) is 9.97 Å². The Balaban J connectivity index is 1.33. The van der Waals surface area contributed by atoms with E-state index in [0.29, 0.717) is 5.92 Å². The maximum atomic E-state index is 6.16. The molecule has 0 spiro atoms. The highest BCUT2D eigenvalue weighted by molar-refractivity contribution is 5.86. The first-order valence-electron chi connectivity index (χ1n) is 12.4. The molecule has 0 radical (unpaired) electrons. The molecule has 2 atom stereocenters. The summed E-state index contributed by atoms with van der Waals surface area (Å²) in [6, 6.07) is 12.7. The number of anilines is 2. The molecule has 176 valence electrons. The highest BCUT2D eigenvalue weighted by atomic mass is 15.3. The first-order chi connectivity index (χ1) is 16.7. The zero-order valence-electron chi connectivity index (χ0n) is 20.0. The van der Waals surface area contributed by atoms with Crippen LogP contribution in [-0.2, 0) is 12.8 Å². The monoisotopic (exact) mass is 455 g/mol. The molecule has 34 heavy (non-hydrogen) atoms. The van der Waals surface area contributed by atoms with Gasteiger partial charge in [0.25, 0.3) is 0 Å². The van der Waals surface area contributed by atoms with Crippen LogP contribution in [0.5, 0.6) is 0 Å². The number of pyridine rings is 1. The summed E-state index contributed by atoms with van der Waals surface area (Å²) in [7, 11) is 0. The fraction of sp³-hybridized carbons (Fsp3) is 0.407. The van der Waals surface area contributed by atoms with Gasteiger partial charge in [-0.15, -0.1) is 0 Å². The summed E-state index contributed by atoms with van der Waals surface area (Å²) in [5, 5.41) is 7.75. The van der Waals surface area contributed by atoms with Crippen molar-refractivity contribution in [1.82, 2.24) is 25.1 Å². The molecule has 5 rings (SSSR count). The van der Waals surface area contributed by atoms with E-state index in [4.69, 9.17) is 15.7 Å². The van der Waals surface area contributed by atoms with Gasteiger partial charge >= 0.3 is 0 Å². The fourth-order valence-electron chi connectivity index (χ4n) is 5.11. The number of nitrogens with one attached hydrogen (secondary N) is 1. The van der Waals surface area contributed by atoms with Crippen molar-refractivity contribution in [2.45, 2.75) is 64.3 Å². The molecule has 4 aromatic rings. The molecule has 1 aliphatic heterocycles. The molecule has 0 aliphatic carbocycles. The molecule has 1 aromatic carbocycles. The molecule has 0 saturated heterocycles. The van der Waals surface area contributed by atoms with E-state index >= 15 is 0 Å². The highest BCUT2D eigenvalue weighted by Gasteiger charge is 2.24. The molecular weight excluding hydrogens is 422 g/mol. The molecule has 3 aromatic heterocycles. The average Bonchev–Trinajstić information content (AvgIpc) is 3.29. The van der Waals surface area contributed by atoms with Gasteiger partial charge in [0, 0.05) is 30.9 Å². The van der Waals surface area contributed by atoms with Crippen molar-refractivity contribution in [3.63, 3.8) is 0 Å². The maximum absolute atomic E-state index is 6.16. The Hall–Kier alpha value is -3.32. The molecular formula is C27H33N7. The predicted octanol–water partition coefficient (Wildman–Crippen LogP) is 5.37. The van der Waals surface area contributed by atoms with E-state index in [1.54, 1.807) is 0 Å². The highest BCUT2D eigenvalue weighted by Crippen LogP contribution is 2.34. The van der Waals surface area contributed by atoms with Crippen LogP contribution in [0, 0.1) is 0 Å². The molecule has 0 fully saturated rings. The van der Waals surface area contributed by atoms with Gasteiger partial charge in [-0.3, -0.25) is 10.1 Å². The van der Waals surface area contributed by atoms with Crippen LogP contribution in [-0.4, -0.2) is 31.7 Å². The number of aromatic nitrogens is 5. The number of nitrogens with two attached hydrogens (primary N) is 1. The zero-order chi connectivity index (χ0) is 23.5. The third-order valence-electron chi connectivity index (χ3n) is 6.93. The van der Waals surface area contributed by atoms with E-state index < -0.39 is 0 Å². The average molecular weight is 456 g/mol. The number of nitrogens with zero attached hydrogens (tertiary/aromatic N) is 5. The predicted molar refractivity (Wildman–Crippen MR) is 136 cm³/mol. The lowest BCUT2D eigenvalue weighted by Crippen LogP contribution is -2.25. The third-order valence-corrected chi connectivity index (χ3v) is 6.93. The molecule has 0 amide bonds. The number of aryl methyl sites for hydroxylation is 2. The van der Waals surface area contributed by atoms with Crippen molar-refractivity contribution in [1.29, 1.82) is 0 Å². The first-order valence-corrected chi connectivity index (χ1v) is 12.4. The van der Waals surface area contributed by atoms with Gasteiger partial charge in [0.2, 0.25) is 0 Å². The maximum Gasteiger partial charge on any atom is 0.183 e. The summed E-state index contributed by atoms with van der Waals surface area (Å²) in [5.74, 6) is 1.20. The number of hydrogen-bond acceptors (Lipinski definition) is 6. The first kappa shape index (κ1) is 22.5. The second-order valence-corrected chi connectivity index (χ2v) is 9.25. The summed E-state index contributed by atoms with van der Waals surface area (Å²) in [5.41, 5.74) is 13.6. The largest absolute Gasteiger partial charge is 0.324 e. The fourth-order valence-corrected chi connectivity index (χ4v) is 5.11. The Morgan fingerprint density at radius 3 is 2.88 bits per heavy atom. The van der Waals surface area contributed by atoms with E-state index in [1.807, 2.05) is 18.5 Å². The molecule has 0 bridgehead atoms. The van der Waals surface area contributed by atoms with Crippen LogP contribution in [0.4, 0.5) is 11.5 Å². The molecule has 4 heterocycles. The van der Waals surface area contributed by atoms with Gasteiger partial charge in [0.15, 0.2) is 17.0 Å². The Morgan fingerprint density at radius 1 is 1.15 bits per heavy atom. The van der Waals surface area contributed by atoms with Gasteiger partial charge in [0.1, 0.15) is 0 Å². The van der Waals surface area contributed by atoms with Gasteiger partial charge in [0.05, 0.1) is 17.1 Å². The second-order valence-electron chi connectivity index (χ2n) is 9.25. The van der Waals surface area contributed by atoms with Crippen LogP contribution in [0.2, 0.25) is 0 Å². The molecule has 7 nitrogen and oxygen atoms in total. The lowest BCUT2D eigenvalue weighted by molar-refractivity contribution is 0.561. The van der Waals surface area contributed by atoms with E-state index in [0.717, 1.165) is 79.1 Å². The van der Waals surface area contributed by atoms with Crippen LogP contribution in [0.15, 0.2) is 48.8 Å². The number of rotatable bonds is 8. The Morgan fingerprint density at radius 2 is 2.03 bits per heavy atom. The molecule has 0 unspecified atom stereocenters. The lowest BCUT2D eigenvalue weighted by atomic mass is 9.92. The Bertz CT molecular complexity index is 1260. The minimum absolute atomic E-state index is 0.0590. The van der Waals surface area contributed by atoms with E-state index in [2.05, 4.69) is 64.3 Å². The van der Waals surface area contributed by atoms with Crippen molar-refractivity contribution in [3.8, 4) is 0 Å². The molecule has 0 saturated carbocycles. The van der Waals surface area contributed by atoms with Crippen molar-refractivity contribution in [3.05, 3.63) is 71.3 Å². The van der Waals surface area contributed by atoms with Gasteiger partial charge in [-0.05, 0) is 68.7 Å². The molecule has 7 heteroatoms. The van der Waals surface area contributed by atoms with Gasteiger partial charge < -0.3 is 10.6 Å². The van der Waals surface area contributed by atoms with Crippen molar-refractivity contribution >= 4 is 22.7 Å². The quantitative estimate of drug-likeness (QED) is 0.371. The van der Waals surface area contributed by atoms with E-state index in [-0.39, 0.29) is 6.04 Å². The normalized spacial score (nSPS) is 15.3. The van der Waals surface area contributed by atoms with Crippen LogP contribution >= 0.6 is 0 Å². The zero-order valence-corrected chi connectivity index (χ0v) is 20.0. The molecule has 1 aliphatic rings. The number of H-pyrrole nitrogens is 1. The Kier molecular flexibility index (Phi) is 6.54. The number of aromatic amines is 1. The standard InChI is InChI=1S/C27H33N7/c1-3-19(10-6-11-20-9-4-5-12-21(20)18(2)28)23-17-30-25-26(31-23)32-33-27(25)34-16-8-13-22-24(34)14-7-15-29-22/h4-5,7,9,12,14-15,17-19H,3,6,8,10-11,13,16,28H2,1-2H3,(H,31,32,33)/t18-,19-/m1/s1. The Labute approximate surface area is 200 Å². The van der Waals surface area contributed by atoms with E-state index in [1.165, 1.54) is 11.1 Å². The smallest absolute Gasteiger partial charge is 0.183 e. The van der Waals surface area contributed by atoms with Crippen molar-refractivity contribution < 1.29 is 0 Å². The second kappa shape index (κ2) is 9.89. The van der Waals surface area contributed by atoms with Crippen LogP contribution < -0.4 is 10.6 Å². The topological polar surface area (TPSA) is 96.6 Å². The minimum atomic E-state index is 0.0590. The summed E-state index contributed by atoms with van der Waals surface area (Å²) >= 11 is 0. The number of fused-ring (bicyclic) bond motifs is 2.